The molecule has 2 rings (SSSR count). The number of hydrogen-bond donors (Lipinski definition) is 1. The van der Waals surface area contributed by atoms with Crippen LogP contribution in [0.5, 0.6) is 5.88 Å². The van der Waals surface area contributed by atoms with E-state index in [1.54, 1.807) is 25.8 Å². The van der Waals surface area contributed by atoms with Crippen LogP contribution in [-0.4, -0.2) is 57.0 Å². The van der Waals surface area contributed by atoms with E-state index in [4.69, 9.17) is 4.74 Å². The summed E-state index contributed by atoms with van der Waals surface area (Å²) in [6, 6.07) is 1.50. The second-order valence-corrected chi connectivity index (χ2v) is 5.69. The van der Waals surface area contributed by atoms with Gasteiger partial charge in [-0.05, 0) is 13.8 Å². The Morgan fingerprint density at radius 1 is 1.21 bits per heavy atom. The lowest BCUT2D eigenvalue weighted by atomic mass is 10.3. The van der Waals surface area contributed by atoms with E-state index in [1.165, 1.54) is 15.6 Å². The van der Waals surface area contributed by atoms with Crippen LogP contribution in [0.25, 0.3) is 0 Å². The van der Waals surface area contributed by atoms with E-state index >= 15 is 0 Å². The molecule has 0 aliphatic heterocycles. The van der Waals surface area contributed by atoms with Crippen LogP contribution in [0.3, 0.4) is 0 Å². The summed E-state index contributed by atoms with van der Waals surface area (Å²) in [5.74, 6) is -0.197. The van der Waals surface area contributed by atoms with Gasteiger partial charge in [0.25, 0.3) is 11.8 Å². The van der Waals surface area contributed by atoms with E-state index in [0.717, 1.165) is 11.4 Å². The molecule has 2 aromatic heterocycles. The highest BCUT2D eigenvalue weighted by Gasteiger charge is 2.18. The number of nitrogens with one attached hydrogen (secondary N) is 1. The van der Waals surface area contributed by atoms with Crippen LogP contribution in [0, 0.1) is 13.8 Å². The van der Waals surface area contributed by atoms with Gasteiger partial charge in [0.15, 0.2) is 12.3 Å². The largest absolute Gasteiger partial charge is 0.468 e. The molecule has 2 heterocycles. The lowest BCUT2D eigenvalue weighted by Crippen LogP contribution is -2.27. The van der Waals surface area contributed by atoms with Crippen molar-refractivity contribution in [2.45, 2.75) is 13.8 Å². The average molecular weight is 334 g/mol. The van der Waals surface area contributed by atoms with Gasteiger partial charge < -0.3 is 15.0 Å². The van der Waals surface area contributed by atoms with E-state index in [-0.39, 0.29) is 24.1 Å². The summed E-state index contributed by atoms with van der Waals surface area (Å²) in [5.41, 5.74) is 2.45. The Morgan fingerprint density at radius 2 is 1.88 bits per heavy atom. The summed E-state index contributed by atoms with van der Waals surface area (Å²) >= 11 is 0. The van der Waals surface area contributed by atoms with E-state index in [1.807, 2.05) is 20.9 Å². The highest BCUT2D eigenvalue weighted by atomic mass is 16.5. The Kier molecular flexibility index (Phi) is 4.91. The Hall–Kier alpha value is -2.84. The summed E-state index contributed by atoms with van der Waals surface area (Å²) in [6.07, 6.45) is 0. The summed E-state index contributed by atoms with van der Waals surface area (Å²) in [7, 11) is 6.75. The molecule has 0 atom stereocenters. The van der Waals surface area contributed by atoms with Crippen molar-refractivity contribution in [3.63, 3.8) is 0 Å². The fourth-order valence-corrected chi connectivity index (χ4v) is 2.09. The normalized spacial score (nSPS) is 10.6. The number of anilines is 1. The number of carbonyl (C=O) groups is 2. The second-order valence-electron chi connectivity index (χ2n) is 5.69. The first-order valence-electron chi connectivity index (χ1n) is 7.39. The number of carbonyl (C=O) groups excluding carboxylic acids is 2. The summed E-state index contributed by atoms with van der Waals surface area (Å²) in [6.45, 7) is 3.58. The molecule has 130 valence electrons. The molecule has 0 spiro atoms. The van der Waals surface area contributed by atoms with Gasteiger partial charge in [-0.15, -0.1) is 0 Å². The van der Waals surface area contributed by atoms with Gasteiger partial charge in [0.2, 0.25) is 5.88 Å². The first-order valence-corrected chi connectivity index (χ1v) is 7.39. The molecule has 1 N–H and O–H groups in total. The molecule has 0 aromatic carbocycles. The zero-order valence-corrected chi connectivity index (χ0v) is 14.7. The standard InChI is InChI=1S/C15H22N6O3/c1-9-14(10(2)20(5)17-9)16-15(23)11-7-13(21(6)18-11)24-8-12(22)19(3)4/h7H,8H2,1-6H3,(H,16,23). The monoisotopic (exact) mass is 334 g/mol. The van der Waals surface area contributed by atoms with Crippen molar-refractivity contribution in [2.24, 2.45) is 14.1 Å². The molecule has 2 amide bonds. The van der Waals surface area contributed by atoms with Crippen LogP contribution in [0.4, 0.5) is 5.69 Å². The molecule has 9 nitrogen and oxygen atoms in total. The van der Waals surface area contributed by atoms with E-state index in [0.29, 0.717) is 11.6 Å². The van der Waals surface area contributed by atoms with Gasteiger partial charge in [0.1, 0.15) is 0 Å². The lowest BCUT2D eigenvalue weighted by molar-refractivity contribution is -0.130. The lowest BCUT2D eigenvalue weighted by Gasteiger charge is -2.10. The van der Waals surface area contributed by atoms with Crippen molar-refractivity contribution >= 4 is 17.5 Å². The molecule has 0 saturated carbocycles. The van der Waals surface area contributed by atoms with Gasteiger partial charge in [-0.3, -0.25) is 14.3 Å². The van der Waals surface area contributed by atoms with Crippen LogP contribution < -0.4 is 10.1 Å². The zero-order valence-electron chi connectivity index (χ0n) is 14.7. The number of aromatic nitrogens is 4. The fourth-order valence-electron chi connectivity index (χ4n) is 2.09. The van der Waals surface area contributed by atoms with Gasteiger partial charge >= 0.3 is 0 Å². The molecule has 9 heteroatoms. The predicted molar refractivity (Wildman–Crippen MR) is 88.0 cm³/mol. The molecule has 24 heavy (non-hydrogen) atoms. The number of hydrogen-bond acceptors (Lipinski definition) is 5. The highest BCUT2D eigenvalue weighted by Crippen LogP contribution is 2.20. The highest BCUT2D eigenvalue weighted by molar-refractivity contribution is 6.03. The van der Waals surface area contributed by atoms with Crippen molar-refractivity contribution in [3.8, 4) is 5.88 Å². The van der Waals surface area contributed by atoms with Crippen molar-refractivity contribution < 1.29 is 14.3 Å². The minimum atomic E-state index is -0.362. The smallest absolute Gasteiger partial charge is 0.276 e. The molecular formula is C15H22N6O3. The Labute approximate surface area is 140 Å². The van der Waals surface area contributed by atoms with Crippen molar-refractivity contribution in [3.05, 3.63) is 23.1 Å². The number of aryl methyl sites for hydroxylation is 3. The maximum Gasteiger partial charge on any atom is 0.276 e. The molecule has 0 fully saturated rings. The number of nitrogens with zero attached hydrogens (tertiary/aromatic N) is 5. The first-order chi connectivity index (χ1) is 11.2. The van der Waals surface area contributed by atoms with Crippen LogP contribution >= 0.6 is 0 Å². The zero-order chi connectivity index (χ0) is 18.0. The third-order valence-electron chi connectivity index (χ3n) is 3.66. The van der Waals surface area contributed by atoms with Crippen molar-refractivity contribution in [1.29, 1.82) is 0 Å². The van der Waals surface area contributed by atoms with Gasteiger partial charge in [-0.1, -0.05) is 0 Å². The molecule has 0 bridgehead atoms. The summed E-state index contributed by atoms with van der Waals surface area (Å²) in [5, 5.41) is 11.2. The van der Waals surface area contributed by atoms with Crippen LogP contribution in [-0.2, 0) is 18.9 Å². The van der Waals surface area contributed by atoms with E-state index in [9.17, 15) is 9.59 Å². The van der Waals surface area contributed by atoms with Crippen molar-refractivity contribution in [2.75, 3.05) is 26.0 Å². The number of likely N-dealkylation sites (N-methyl/N-ethyl adjacent to an activating group) is 1. The molecule has 2 aromatic rings. The minimum Gasteiger partial charge on any atom is -0.468 e. The first kappa shape index (κ1) is 17.5. The Bertz CT molecular complexity index is 775. The van der Waals surface area contributed by atoms with Gasteiger partial charge in [-0.2, -0.15) is 10.2 Å². The topological polar surface area (TPSA) is 94.3 Å². The molecule has 0 aliphatic carbocycles. The average Bonchev–Trinajstić information content (AvgIpc) is 2.99. The maximum atomic E-state index is 12.4. The number of ether oxygens (including phenoxy) is 1. The van der Waals surface area contributed by atoms with E-state index < -0.39 is 0 Å². The van der Waals surface area contributed by atoms with Crippen molar-refractivity contribution in [1.82, 2.24) is 24.5 Å². The van der Waals surface area contributed by atoms with Gasteiger partial charge in [0, 0.05) is 34.3 Å². The summed E-state index contributed by atoms with van der Waals surface area (Å²) < 4.78 is 8.52. The Balaban J connectivity index is 2.11. The molecule has 0 unspecified atom stereocenters. The maximum absolute atomic E-state index is 12.4. The molecular weight excluding hydrogens is 312 g/mol. The third kappa shape index (κ3) is 3.55. The van der Waals surface area contributed by atoms with Crippen LogP contribution in [0.15, 0.2) is 6.07 Å². The number of amides is 2. The quantitative estimate of drug-likeness (QED) is 0.859. The van der Waals surface area contributed by atoms with Gasteiger partial charge in [-0.25, -0.2) is 4.68 Å². The second kappa shape index (κ2) is 6.73. The molecule has 0 saturated heterocycles. The summed E-state index contributed by atoms with van der Waals surface area (Å²) in [4.78, 5) is 25.4. The van der Waals surface area contributed by atoms with Crippen LogP contribution in [0.2, 0.25) is 0 Å². The number of rotatable bonds is 5. The van der Waals surface area contributed by atoms with Gasteiger partial charge in [0.05, 0.1) is 17.1 Å². The third-order valence-corrected chi connectivity index (χ3v) is 3.66. The van der Waals surface area contributed by atoms with Crippen LogP contribution in [0.1, 0.15) is 21.9 Å². The molecule has 0 radical (unpaired) electrons. The minimum absolute atomic E-state index is 0.117. The predicted octanol–water partition coefficient (Wildman–Crippen LogP) is 0.490. The Morgan fingerprint density at radius 3 is 2.42 bits per heavy atom. The SMILES string of the molecule is Cc1nn(C)c(C)c1NC(=O)c1cc(OCC(=O)N(C)C)n(C)n1. The van der Waals surface area contributed by atoms with E-state index in [2.05, 4.69) is 15.5 Å². The fraction of sp³-hybridized carbons (Fsp3) is 0.467. The molecule has 0 aliphatic rings.